The van der Waals surface area contributed by atoms with Crippen molar-refractivity contribution >= 4 is 34.0 Å². The average Bonchev–Trinajstić information content (AvgIpc) is 1.95. The fourth-order valence-corrected chi connectivity index (χ4v) is 1.69. The van der Waals surface area contributed by atoms with Gasteiger partial charge in [-0.2, -0.15) is 13.2 Å². The van der Waals surface area contributed by atoms with Crippen molar-refractivity contribution in [1.82, 2.24) is 0 Å². The number of nitrogen functional groups attached to an aromatic ring is 2. The second-order valence-corrected chi connectivity index (χ2v) is 3.51. The van der Waals surface area contributed by atoms with Crippen LogP contribution in [0.3, 0.4) is 0 Å². The third-order valence-corrected chi connectivity index (χ3v) is 2.65. The molecule has 4 N–H and O–H groups in total. The summed E-state index contributed by atoms with van der Waals surface area (Å²) < 4.78 is 37.0. The molecule has 0 saturated heterocycles. The van der Waals surface area contributed by atoms with Gasteiger partial charge < -0.3 is 11.5 Å². The number of anilines is 2. The molecule has 0 fully saturated rings. The summed E-state index contributed by atoms with van der Waals surface area (Å²) in [7, 11) is 0. The van der Waals surface area contributed by atoms with Gasteiger partial charge in [0.2, 0.25) is 0 Å². The van der Waals surface area contributed by atoms with E-state index in [1.54, 1.807) is 0 Å². The highest BCUT2D eigenvalue weighted by Crippen LogP contribution is 2.38. The molecule has 0 radical (unpaired) electrons. The molecule has 0 atom stereocenters. The molecule has 2 nitrogen and oxygen atoms in total. The summed E-state index contributed by atoms with van der Waals surface area (Å²) in [6, 6.07) is 2.51. The zero-order valence-electron chi connectivity index (χ0n) is 6.32. The Labute approximate surface area is 86.2 Å². The Morgan fingerprint density at radius 1 is 1.08 bits per heavy atom. The van der Waals surface area contributed by atoms with Crippen LogP contribution >= 0.6 is 22.6 Å². The largest absolute Gasteiger partial charge is 0.419 e. The third kappa shape index (κ3) is 1.98. The first kappa shape index (κ1) is 10.4. The van der Waals surface area contributed by atoms with Crippen LogP contribution in [-0.4, -0.2) is 0 Å². The zero-order chi connectivity index (χ0) is 10.2. The summed E-state index contributed by atoms with van der Waals surface area (Å²) in [5.41, 5.74) is 9.45. The Morgan fingerprint density at radius 2 is 1.54 bits per heavy atom. The Kier molecular flexibility index (Phi) is 2.60. The molecule has 0 aromatic heterocycles. The average molecular weight is 302 g/mol. The van der Waals surface area contributed by atoms with Gasteiger partial charge in [0.25, 0.3) is 0 Å². The summed E-state index contributed by atoms with van der Waals surface area (Å²) in [6.45, 7) is 0. The van der Waals surface area contributed by atoms with Crippen molar-refractivity contribution in [2.24, 2.45) is 0 Å². The first-order chi connectivity index (χ1) is 5.84. The van der Waals surface area contributed by atoms with Gasteiger partial charge in [-0.15, -0.1) is 0 Å². The molecule has 72 valence electrons. The van der Waals surface area contributed by atoms with Crippen LogP contribution in [0.25, 0.3) is 0 Å². The van der Waals surface area contributed by atoms with E-state index in [2.05, 4.69) is 0 Å². The molecule has 0 heterocycles. The maximum absolute atomic E-state index is 12.3. The van der Waals surface area contributed by atoms with E-state index in [1.807, 2.05) is 0 Å². The molecule has 0 spiro atoms. The van der Waals surface area contributed by atoms with Gasteiger partial charge in [-0.1, -0.05) is 0 Å². The van der Waals surface area contributed by atoms with Crippen LogP contribution < -0.4 is 11.5 Å². The van der Waals surface area contributed by atoms with Gasteiger partial charge in [-0.25, -0.2) is 0 Å². The van der Waals surface area contributed by atoms with Crippen LogP contribution in [0.15, 0.2) is 12.1 Å². The van der Waals surface area contributed by atoms with E-state index >= 15 is 0 Å². The Morgan fingerprint density at radius 3 is 1.92 bits per heavy atom. The lowest BCUT2D eigenvalue weighted by molar-refractivity contribution is -0.137. The van der Waals surface area contributed by atoms with Crippen molar-refractivity contribution in [3.8, 4) is 0 Å². The lowest BCUT2D eigenvalue weighted by Gasteiger charge is -2.13. The fraction of sp³-hybridized carbons (Fsp3) is 0.143. The van der Waals surface area contributed by atoms with Crippen LogP contribution in [0.5, 0.6) is 0 Å². The van der Waals surface area contributed by atoms with Crippen molar-refractivity contribution < 1.29 is 13.2 Å². The van der Waals surface area contributed by atoms with Crippen LogP contribution in [0.2, 0.25) is 0 Å². The Balaban J connectivity index is 3.43. The number of benzene rings is 1. The van der Waals surface area contributed by atoms with Gasteiger partial charge in [-0.3, -0.25) is 0 Å². The van der Waals surface area contributed by atoms with E-state index in [-0.39, 0.29) is 14.9 Å². The van der Waals surface area contributed by atoms with E-state index in [4.69, 9.17) is 11.5 Å². The van der Waals surface area contributed by atoms with E-state index in [0.717, 1.165) is 6.07 Å². The molecule has 0 unspecified atom stereocenters. The van der Waals surface area contributed by atoms with Crippen molar-refractivity contribution in [3.05, 3.63) is 21.3 Å². The molecule has 0 saturated carbocycles. The molecular weight excluding hydrogens is 296 g/mol. The second-order valence-electron chi connectivity index (χ2n) is 2.43. The highest BCUT2D eigenvalue weighted by molar-refractivity contribution is 14.1. The smallest absolute Gasteiger partial charge is 0.398 e. The maximum Gasteiger partial charge on any atom is 0.419 e. The van der Waals surface area contributed by atoms with Gasteiger partial charge in [0.1, 0.15) is 0 Å². The van der Waals surface area contributed by atoms with Crippen LogP contribution in [0.4, 0.5) is 24.5 Å². The molecule has 13 heavy (non-hydrogen) atoms. The normalized spacial score (nSPS) is 11.7. The minimum atomic E-state index is -4.45. The number of hydrogen-bond donors (Lipinski definition) is 2. The van der Waals surface area contributed by atoms with Gasteiger partial charge in [0, 0.05) is 11.4 Å². The number of alkyl halides is 3. The molecule has 1 aromatic carbocycles. The highest BCUT2D eigenvalue weighted by atomic mass is 127. The molecule has 0 aliphatic carbocycles. The lowest BCUT2D eigenvalue weighted by Crippen LogP contribution is -2.12. The molecule has 0 bridgehead atoms. The van der Waals surface area contributed by atoms with Crippen molar-refractivity contribution in [2.45, 2.75) is 6.18 Å². The summed E-state index contributed by atoms with van der Waals surface area (Å²) in [5.74, 6) is 0. The van der Waals surface area contributed by atoms with Crippen LogP contribution in [-0.2, 0) is 6.18 Å². The molecule has 1 aromatic rings. The monoisotopic (exact) mass is 302 g/mol. The first-order valence-corrected chi connectivity index (χ1v) is 4.32. The SMILES string of the molecule is Nc1ccc(N)c(C(F)(F)F)c1I. The topological polar surface area (TPSA) is 52.0 Å². The molecular formula is C7H6F3IN2. The number of halogens is 4. The zero-order valence-corrected chi connectivity index (χ0v) is 8.48. The Bertz CT molecular complexity index is 335. The first-order valence-electron chi connectivity index (χ1n) is 3.24. The summed E-state index contributed by atoms with van der Waals surface area (Å²) in [6.07, 6.45) is -4.45. The van der Waals surface area contributed by atoms with Gasteiger partial charge in [0.15, 0.2) is 0 Å². The fourth-order valence-electron chi connectivity index (χ4n) is 0.895. The second kappa shape index (κ2) is 3.24. The van der Waals surface area contributed by atoms with Crippen molar-refractivity contribution in [1.29, 1.82) is 0 Å². The molecule has 0 aliphatic rings. The van der Waals surface area contributed by atoms with E-state index < -0.39 is 11.7 Å². The molecule has 6 heteroatoms. The summed E-state index contributed by atoms with van der Waals surface area (Å²) in [4.78, 5) is 0. The van der Waals surface area contributed by atoms with Crippen molar-refractivity contribution in [2.75, 3.05) is 11.5 Å². The standard InChI is InChI=1S/C7H6F3IN2/c8-7(9,10)5-3(12)1-2-4(13)6(5)11/h1-2H,12-13H2. The third-order valence-electron chi connectivity index (χ3n) is 1.49. The van der Waals surface area contributed by atoms with Crippen LogP contribution in [0, 0.1) is 3.57 Å². The minimum absolute atomic E-state index is 0.0508. The quantitative estimate of drug-likeness (QED) is 0.571. The van der Waals surface area contributed by atoms with E-state index in [0.29, 0.717) is 0 Å². The van der Waals surface area contributed by atoms with Gasteiger partial charge in [0.05, 0.1) is 9.13 Å². The highest BCUT2D eigenvalue weighted by Gasteiger charge is 2.35. The van der Waals surface area contributed by atoms with Crippen molar-refractivity contribution in [3.63, 3.8) is 0 Å². The number of nitrogens with two attached hydrogens (primary N) is 2. The Hall–Kier alpha value is -0.660. The van der Waals surface area contributed by atoms with Gasteiger partial charge >= 0.3 is 6.18 Å². The summed E-state index contributed by atoms with van der Waals surface area (Å²) >= 11 is 1.53. The predicted molar refractivity (Wildman–Crippen MR) is 53.0 cm³/mol. The van der Waals surface area contributed by atoms with E-state index in [1.165, 1.54) is 28.7 Å². The number of hydrogen-bond acceptors (Lipinski definition) is 2. The minimum Gasteiger partial charge on any atom is -0.398 e. The molecule has 1 rings (SSSR count). The summed E-state index contributed by atoms with van der Waals surface area (Å²) in [5, 5.41) is 0. The number of rotatable bonds is 0. The predicted octanol–water partition coefficient (Wildman–Crippen LogP) is 2.47. The van der Waals surface area contributed by atoms with Crippen LogP contribution in [0.1, 0.15) is 5.56 Å². The molecule has 0 aliphatic heterocycles. The lowest BCUT2D eigenvalue weighted by atomic mass is 10.1. The van der Waals surface area contributed by atoms with Gasteiger partial charge in [-0.05, 0) is 34.7 Å². The van der Waals surface area contributed by atoms with E-state index in [9.17, 15) is 13.2 Å². The molecule has 0 amide bonds. The maximum atomic E-state index is 12.3.